The minimum absolute atomic E-state index is 0.233. The first kappa shape index (κ1) is 17.8. The van der Waals surface area contributed by atoms with Crippen molar-refractivity contribution in [2.75, 3.05) is 44.7 Å². The zero-order chi connectivity index (χ0) is 18.2. The van der Waals surface area contributed by atoms with Gasteiger partial charge in [0.1, 0.15) is 5.69 Å². The smallest absolute Gasteiger partial charge is 0.270 e. The largest absolute Gasteiger partial charge is 0.379 e. The third-order valence-corrected chi connectivity index (χ3v) is 3.98. The number of benzene rings is 1. The molecule has 0 spiro atoms. The van der Waals surface area contributed by atoms with Crippen molar-refractivity contribution in [3.63, 3.8) is 0 Å². The van der Waals surface area contributed by atoms with Gasteiger partial charge in [0, 0.05) is 38.1 Å². The number of hydrogen-bond acceptors (Lipinski definition) is 7. The molecular formula is C18H20N6O2. The SMILES string of the molecule is N#Cc1ccc(Nc2nccc(C(=O)NCCN3CCOCC3)n2)cc1. The maximum atomic E-state index is 12.3. The fourth-order valence-corrected chi connectivity index (χ4v) is 2.55. The highest BCUT2D eigenvalue weighted by atomic mass is 16.5. The van der Waals surface area contributed by atoms with Crippen LogP contribution in [0.15, 0.2) is 36.5 Å². The molecule has 2 N–H and O–H groups in total. The highest BCUT2D eigenvalue weighted by Gasteiger charge is 2.12. The van der Waals surface area contributed by atoms with Crippen LogP contribution in [0.2, 0.25) is 0 Å². The van der Waals surface area contributed by atoms with E-state index in [1.165, 1.54) is 6.20 Å². The molecule has 8 nitrogen and oxygen atoms in total. The van der Waals surface area contributed by atoms with Crippen molar-refractivity contribution >= 4 is 17.5 Å². The van der Waals surface area contributed by atoms with E-state index in [2.05, 4.69) is 31.6 Å². The molecule has 26 heavy (non-hydrogen) atoms. The van der Waals surface area contributed by atoms with E-state index in [-0.39, 0.29) is 5.91 Å². The summed E-state index contributed by atoms with van der Waals surface area (Å²) in [5.41, 5.74) is 1.62. The van der Waals surface area contributed by atoms with Crippen molar-refractivity contribution in [3.8, 4) is 6.07 Å². The molecule has 1 aliphatic heterocycles. The minimum Gasteiger partial charge on any atom is -0.379 e. The second-order valence-corrected chi connectivity index (χ2v) is 5.79. The van der Waals surface area contributed by atoms with Crippen LogP contribution in [0.5, 0.6) is 0 Å². The molecule has 1 saturated heterocycles. The first-order valence-electron chi connectivity index (χ1n) is 8.43. The molecule has 2 heterocycles. The number of rotatable bonds is 6. The summed E-state index contributed by atoms with van der Waals surface area (Å²) in [6.45, 7) is 4.61. The maximum Gasteiger partial charge on any atom is 0.270 e. The van der Waals surface area contributed by atoms with E-state index in [4.69, 9.17) is 10.00 Å². The lowest BCUT2D eigenvalue weighted by Crippen LogP contribution is -2.41. The van der Waals surface area contributed by atoms with E-state index in [1.54, 1.807) is 30.3 Å². The number of anilines is 2. The van der Waals surface area contributed by atoms with Crippen LogP contribution in [-0.2, 0) is 4.74 Å². The zero-order valence-corrected chi connectivity index (χ0v) is 14.3. The molecule has 8 heteroatoms. The molecule has 0 atom stereocenters. The van der Waals surface area contributed by atoms with Crippen LogP contribution in [0.1, 0.15) is 16.1 Å². The molecule has 1 amide bonds. The number of nitriles is 1. The van der Waals surface area contributed by atoms with Crippen LogP contribution < -0.4 is 10.6 Å². The Morgan fingerprint density at radius 2 is 2.00 bits per heavy atom. The normalized spacial score (nSPS) is 14.4. The number of carbonyl (C=O) groups is 1. The van der Waals surface area contributed by atoms with E-state index >= 15 is 0 Å². The Morgan fingerprint density at radius 1 is 1.23 bits per heavy atom. The second-order valence-electron chi connectivity index (χ2n) is 5.79. The number of nitrogens with zero attached hydrogens (tertiary/aromatic N) is 4. The van der Waals surface area contributed by atoms with Crippen LogP contribution in [0.3, 0.4) is 0 Å². The average molecular weight is 352 g/mol. The Hall–Kier alpha value is -3.02. The van der Waals surface area contributed by atoms with Crippen molar-refractivity contribution in [2.45, 2.75) is 0 Å². The van der Waals surface area contributed by atoms with Gasteiger partial charge in [0.05, 0.1) is 24.8 Å². The average Bonchev–Trinajstić information content (AvgIpc) is 2.69. The lowest BCUT2D eigenvalue weighted by atomic mass is 10.2. The molecule has 1 aromatic heterocycles. The lowest BCUT2D eigenvalue weighted by Gasteiger charge is -2.26. The van der Waals surface area contributed by atoms with Crippen LogP contribution in [0, 0.1) is 11.3 Å². The Balaban J connectivity index is 1.53. The van der Waals surface area contributed by atoms with Gasteiger partial charge in [0.15, 0.2) is 0 Å². The fraction of sp³-hybridized carbons (Fsp3) is 0.333. The standard InChI is InChI=1S/C18H20N6O2/c19-13-14-1-3-15(4-2-14)22-18-21-6-5-16(23-18)17(25)20-7-8-24-9-11-26-12-10-24/h1-6H,7-12H2,(H,20,25)(H,21,22,23). The number of carbonyl (C=O) groups excluding carboxylic acids is 1. The van der Waals surface area contributed by atoms with Crippen molar-refractivity contribution in [1.29, 1.82) is 5.26 Å². The number of morpholine rings is 1. The first-order chi connectivity index (χ1) is 12.7. The quantitative estimate of drug-likeness (QED) is 0.804. The molecular weight excluding hydrogens is 332 g/mol. The van der Waals surface area contributed by atoms with Gasteiger partial charge in [-0.3, -0.25) is 9.69 Å². The monoisotopic (exact) mass is 352 g/mol. The molecule has 0 unspecified atom stereocenters. The minimum atomic E-state index is -0.233. The van der Waals surface area contributed by atoms with Gasteiger partial charge in [0.2, 0.25) is 5.95 Å². The molecule has 0 saturated carbocycles. The Bertz CT molecular complexity index is 781. The van der Waals surface area contributed by atoms with Gasteiger partial charge >= 0.3 is 0 Å². The van der Waals surface area contributed by atoms with Gasteiger partial charge in [-0.2, -0.15) is 5.26 Å². The van der Waals surface area contributed by atoms with E-state index in [1.807, 2.05) is 0 Å². The van der Waals surface area contributed by atoms with Gasteiger partial charge in [-0.1, -0.05) is 0 Å². The molecule has 1 aliphatic rings. The first-order valence-corrected chi connectivity index (χ1v) is 8.43. The van der Waals surface area contributed by atoms with Gasteiger partial charge in [-0.05, 0) is 30.3 Å². The molecule has 134 valence electrons. The van der Waals surface area contributed by atoms with E-state index < -0.39 is 0 Å². The topological polar surface area (TPSA) is 103 Å². The van der Waals surface area contributed by atoms with Gasteiger partial charge in [-0.15, -0.1) is 0 Å². The van der Waals surface area contributed by atoms with Crippen molar-refractivity contribution in [2.24, 2.45) is 0 Å². The Labute approximate surface area is 151 Å². The Kier molecular flexibility index (Phi) is 6.09. The molecule has 0 radical (unpaired) electrons. The van der Waals surface area contributed by atoms with Crippen LogP contribution in [-0.4, -0.2) is 60.2 Å². The highest BCUT2D eigenvalue weighted by molar-refractivity contribution is 5.92. The maximum absolute atomic E-state index is 12.3. The van der Waals surface area contributed by atoms with E-state index in [0.717, 1.165) is 38.5 Å². The predicted molar refractivity (Wildman–Crippen MR) is 96.1 cm³/mol. The second kappa shape index (κ2) is 8.89. The van der Waals surface area contributed by atoms with Crippen molar-refractivity contribution in [3.05, 3.63) is 47.8 Å². The third-order valence-electron chi connectivity index (χ3n) is 3.98. The number of ether oxygens (including phenoxy) is 1. The summed E-state index contributed by atoms with van der Waals surface area (Å²) in [5, 5.41) is 14.7. The molecule has 3 rings (SSSR count). The van der Waals surface area contributed by atoms with Gasteiger partial charge < -0.3 is 15.4 Å². The molecule has 1 aromatic carbocycles. The summed E-state index contributed by atoms with van der Waals surface area (Å²) in [7, 11) is 0. The lowest BCUT2D eigenvalue weighted by molar-refractivity contribution is 0.0383. The van der Waals surface area contributed by atoms with Crippen molar-refractivity contribution < 1.29 is 9.53 Å². The summed E-state index contributed by atoms with van der Waals surface area (Å²) >= 11 is 0. The summed E-state index contributed by atoms with van der Waals surface area (Å²) in [5.74, 6) is 0.0964. The number of aromatic nitrogens is 2. The summed E-state index contributed by atoms with van der Waals surface area (Å²) in [4.78, 5) is 22.9. The van der Waals surface area contributed by atoms with Crippen molar-refractivity contribution in [1.82, 2.24) is 20.2 Å². The van der Waals surface area contributed by atoms with Gasteiger partial charge in [-0.25, -0.2) is 9.97 Å². The highest BCUT2D eigenvalue weighted by Crippen LogP contribution is 2.13. The predicted octanol–water partition coefficient (Wildman–Crippen LogP) is 1.15. The number of hydrogen-bond donors (Lipinski definition) is 2. The molecule has 0 bridgehead atoms. The van der Waals surface area contributed by atoms with E-state index in [9.17, 15) is 4.79 Å². The molecule has 1 fully saturated rings. The summed E-state index contributed by atoms with van der Waals surface area (Å²) in [6, 6.07) is 10.6. The number of amides is 1. The van der Waals surface area contributed by atoms with E-state index in [0.29, 0.717) is 23.8 Å². The van der Waals surface area contributed by atoms with Crippen LogP contribution in [0.4, 0.5) is 11.6 Å². The molecule has 2 aromatic rings. The summed E-state index contributed by atoms with van der Waals surface area (Å²) < 4.78 is 5.30. The third kappa shape index (κ3) is 4.99. The summed E-state index contributed by atoms with van der Waals surface area (Å²) in [6.07, 6.45) is 1.54. The van der Waals surface area contributed by atoms with Crippen LogP contribution >= 0.6 is 0 Å². The fourth-order valence-electron chi connectivity index (χ4n) is 2.55. The van der Waals surface area contributed by atoms with Crippen LogP contribution in [0.25, 0.3) is 0 Å². The Morgan fingerprint density at radius 3 is 2.73 bits per heavy atom. The van der Waals surface area contributed by atoms with Gasteiger partial charge in [0.25, 0.3) is 5.91 Å². The molecule has 0 aliphatic carbocycles. The number of nitrogens with one attached hydrogen (secondary N) is 2. The zero-order valence-electron chi connectivity index (χ0n) is 14.3.